The number of hydrogen-bond acceptors (Lipinski definition) is 8. The van der Waals surface area contributed by atoms with E-state index < -0.39 is 17.8 Å². The molecule has 222 valence electrons. The monoisotopic (exact) mass is 576 g/mol. The van der Waals surface area contributed by atoms with Crippen LogP contribution >= 0.6 is 0 Å². The van der Waals surface area contributed by atoms with E-state index in [1.807, 2.05) is 6.07 Å². The normalized spacial score (nSPS) is 22.4. The van der Waals surface area contributed by atoms with Crippen molar-refractivity contribution in [3.05, 3.63) is 53.2 Å². The number of aryl methyl sites for hydroxylation is 1. The van der Waals surface area contributed by atoms with Crippen LogP contribution in [0.4, 0.5) is 26.2 Å². The summed E-state index contributed by atoms with van der Waals surface area (Å²) in [6.07, 6.45) is 4.51. The summed E-state index contributed by atoms with van der Waals surface area (Å²) in [6, 6.07) is 7.47. The zero-order chi connectivity index (χ0) is 29.5. The zero-order valence-electron chi connectivity index (χ0n) is 24.4. The Hall–Kier alpha value is -3.78. The molecule has 11 heteroatoms. The first-order chi connectivity index (χ1) is 20.2. The van der Waals surface area contributed by atoms with Crippen LogP contribution < -0.4 is 14.7 Å². The Morgan fingerprint density at radius 2 is 1.95 bits per heavy atom. The third kappa shape index (κ3) is 5.28. The molecule has 0 radical (unpaired) electrons. The molecule has 2 fully saturated rings. The fourth-order valence-electron chi connectivity index (χ4n) is 6.89. The summed E-state index contributed by atoms with van der Waals surface area (Å²) < 4.78 is 28.1. The van der Waals surface area contributed by atoms with Crippen molar-refractivity contribution in [1.82, 2.24) is 19.8 Å². The Balaban J connectivity index is 1.32. The smallest absolute Gasteiger partial charge is 0.282 e. The van der Waals surface area contributed by atoms with Gasteiger partial charge in [-0.3, -0.25) is 4.79 Å². The van der Waals surface area contributed by atoms with Gasteiger partial charge in [0.25, 0.3) is 5.91 Å². The van der Waals surface area contributed by atoms with Crippen LogP contribution in [-0.4, -0.2) is 97.2 Å². The number of fused-ring (bicyclic) bond motifs is 2. The van der Waals surface area contributed by atoms with E-state index in [0.29, 0.717) is 25.1 Å². The van der Waals surface area contributed by atoms with Gasteiger partial charge in [0.2, 0.25) is 5.95 Å². The van der Waals surface area contributed by atoms with Crippen molar-refractivity contribution in [1.29, 1.82) is 5.26 Å². The second-order valence-electron chi connectivity index (χ2n) is 12.1. The summed E-state index contributed by atoms with van der Waals surface area (Å²) >= 11 is 0. The van der Waals surface area contributed by atoms with Crippen molar-refractivity contribution < 1.29 is 13.6 Å². The number of aromatic nitrogens is 2. The van der Waals surface area contributed by atoms with E-state index in [2.05, 4.69) is 46.3 Å². The molecule has 4 heterocycles. The molecule has 0 spiro atoms. The number of nitriles is 1. The van der Waals surface area contributed by atoms with E-state index in [9.17, 15) is 18.8 Å². The SMILES string of the molecule is C=C(F)C(=O)N1CCN(c2nc(N3CC(N(C)C)C3)nc3c2CCC(N2CCCc4ccc(F)cc42)C3)CC1CC#N. The third-order valence-corrected chi connectivity index (χ3v) is 9.34. The van der Waals surface area contributed by atoms with Crippen LogP contribution in [0.5, 0.6) is 0 Å². The molecule has 1 aliphatic carbocycles. The lowest BCUT2D eigenvalue weighted by Crippen LogP contribution is -2.58. The van der Waals surface area contributed by atoms with Gasteiger partial charge < -0.3 is 24.5 Å². The first kappa shape index (κ1) is 28.3. The van der Waals surface area contributed by atoms with Crippen molar-refractivity contribution in [2.75, 3.05) is 68.1 Å². The number of rotatable bonds is 6. The van der Waals surface area contributed by atoms with E-state index >= 15 is 0 Å². The average Bonchev–Trinajstić information content (AvgIpc) is 2.95. The average molecular weight is 577 g/mol. The predicted molar refractivity (Wildman–Crippen MR) is 158 cm³/mol. The Labute approximate surface area is 246 Å². The number of halogens is 2. The van der Waals surface area contributed by atoms with Gasteiger partial charge in [0.15, 0.2) is 5.83 Å². The quantitative estimate of drug-likeness (QED) is 0.486. The zero-order valence-corrected chi connectivity index (χ0v) is 24.4. The fourth-order valence-corrected chi connectivity index (χ4v) is 6.89. The van der Waals surface area contributed by atoms with Crippen LogP contribution in [0.3, 0.4) is 0 Å². The number of benzene rings is 1. The largest absolute Gasteiger partial charge is 0.368 e. The van der Waals surface area contributed by atoms with E-state index in [4.69, 9.17) is 9.97 Å². The lowest BCUT2D eigenvalue weighted by atomic mass is 9.88. The van der Waals surface area contributed by atoms with Crippen molar-refractivity contribution in [2.45, 2.75) is 56.7 Å². The maximum atomic E-state index is 14.3. The Morgan fingerprint density at radius 3 is 2.69 bits per heavy atom. The topological polar surface area (TPSA) is 82.8 Å². The highest BCUT2D eigenvalue weighted by atomic mass is 19.1. The highest BCUT2D eigenvalue weighted by Gasteiger charge is 2.38. The Kier molecular flexibility index (Phi) is 7.75. The number of carbonyl (C=O) groups excluding carboxylic acids is 1. The summed E-state index contributed by atoms with van der Waals surface area (Å²) in [4.78, 5) is 33.0. The molecule has 0 saturated carbocycles. The lowest BCUT2D eigenvalue weighted by Gasteiger charge is -2.45. The van der Waals surface area contributed by atoms with Gasteiger partial charge >= 0.3 is 0 Å². The van der Waals surface area contributed by atoms with Crippen LogP contribution in [0.15, 0.2) is 30.6 Å². The number of hydrogen-bond donors (Lipinski definition) is 0. The molecule has 6 rings (SSSR count). The van der Waals surface area contributed by atoms with Crippen LogP contribution in [-0.2, 0) is 24.1 Å². The van der Waals surface area contributed by atoms with E-state index in [-0.39, 0.29) is 24.8 Å². The van der Waals surface area contributed by atoms with E-state index in [1.165, 1.54) is 10.5 Å². The molecule has 1 aromatic heterocycles. The second-order valence-corrected chi connectivity index (χ2v) is 12.1. The molecule has 2 saturated heterocycles. The number of likely N-dealkylation sites (N-methyl/N-ethyl adjacent to an activating group) is 1. The maximum Gasteiger partial charge on any atom is 0.282 e. The standard InChI is InChI=1S/C31H38F2N8O/c1-20(32)30(42)41-14-13-38(17-24(41)10-11-34)29-26-9-8-23(40-12-4-5-21-6-7-22(33)15-28(21)40)16-27(26)35-31(36-29)39-18-25(19-39)37(2)3/h6-7,15,23-25H,1,4-5,8-10,12-14,16-19H2,2-3H3. The van der Waals surface area contributed by atoms with Gasteiger partial charge in [0.1, 0.15) is 11.6 Å². The molecular weight excluding hydrogens is 538 g/mol. The second kappa shape index (κ2) is 11.5. The Morgan fingerprint density at radius 1 is 1.14 bits per heavy atom. The van der Waals surface area contributed by atoms with Gasteiger partial charge in [-0.2, -0.15) is 10.2 Å². The minimum atomic E-state index is -1.01. The summed E-state index contributed by atoms with van der Waals surface area (Å²) in [5, 5.41) is 9.48. The molecule has 4 aliphatic rings. The van der Waals surface area contributed by atoms with Crippen molar-refractivity contribution in [3.63, 3.8) is 0 Å². The number of anilines is 3. The minimum absolute atomic E-state index is 0.0965. The van der Waals surface area contributed by atoms with Crippen LogP contribution in [0.1, 0.15) is 36.1 Å². The highest BCUT2D eigenvalue weighted by molar-refractivity contribution is 5.91. The number of amides is 1. The van der Waals surface area contributed by atoms with Gasteiger partial charge in [0.05, 0.1) is 24.2 Å². The molecule has 0 N–H and O–H groups in total. The fraction of sp³-hybridized carbons (Fsp3) is 0.548. The maximum absolute atomic E-state index is 14.3. The van der Waals surface area contributed by atoms with Crippen molar-refractivity contribution >= 4 is 23.4 Å². The first-order valence-electron chi connectivity index (χ1n) is 14.9. The molecular formula is C31H38F2N8O. The molecule has 1 aromatic carbocycles. The van der Waals surface area contributed by atoms with Gasteiger partial charge in [-0.15, -0.1) is 0 Å². The van der Waals surface area contributed by atoms with Gasteiger partial charge in [0, 0.05) is 69.0 Å². The van der Waals surface area contributed by atoms with Crippen LogP contribution in [0, 0.1) is 17.1 Å². The number of carbonyl (C=O) groups is 1. The van der Waals surface area contributed by atoms with Crippen LogP contribution in [0.2, 0.25) is 0 Å². The molecule has 1 amide bonds. The van der Waals surface area contributed by atoms with Gasteiger partial charge in [-0.05, 0) is 57.5 Å². The number of nitrogens with zero attached hydrogens (tertiary/aromatic N) is 8. The first-order valence-corrected chi connectivity index (χ1v) is 14.9. The van der Waals surface area contributed by atoms with Crippen molar-refractivity contribution in [2.24, 2.45) is 0 Å². The highest BCUT2D eigenvalue weighted by Crippen LogP contribution is 2.37. The molecule has 2 atom stereocenters. The van der Waals surface area contributed by atoms with Gasteiger partial charge in [-0.25, -0.2) is 13.8 Å². The Bertz CT molecular complexity index is 1420. The molecule has 0 bridgehead atoms. The minimum Gasteiger partial charge on any atom is -0.368 e. The number of piperazine rings is 1. The van der Waals surface area contributed by atoms with Crippen molar-refractivity contribution in [3.8, 4) is 6.07 Å². The van der Waals surface area contributed by atoms with E-state index in [0.717, 1.165) is 74.5 Å². The molecule has 9 nitrogen and oxygen atoms in total. The molecule has 2 unspecified atom stereocenters. The molecule has 3 aliphatic heterocycles. The third-order valence-electron chi connectivity index (χ3n) is 9.34. The summed E-state index contributed by atoms with van der Waals surface area (Å²) in [6.45, 7) is 6.90. The summed E-state index contributed by atoms with van der Waals surface area (Å²) in [7, 11) is 4.15. The van der Waals surface area contributed by atoms with E-state index in [1.54, 1.807) is 12.1 Å². The van der Waals surface area contributed by atoms with Crippen LogP contribution in [0.25, 0.3) is 0 Å². The predicted octanol–water partition coefficient (Wildman–Crippen LogP) is 3.09. The summed E-state index contributed by atoms with van der Waals surface area (Å²) in [5.41, 5.74) is 4.30. The molecule has 2 aromatic rings. The summed E-state index contributed by atoms with van der Waals surface area (Å²) in [5.74, 6) is -0.429. The lowest BCUT2D eigenvalue weighted by molar-refractivity contribution is -0.131. The molecule has 42 heavy (non-hydrogen) atoms. The van der Waals surface area contributed by atoms with Gasteiger partial charge in [-0.1, -0.05) is 12.6 Å².